The molecule has 0 aliphatic rings. The van der Waals surface area contributed by atoms with Crippen molar-refractivity contribution in [1.29, 1.82) is 0 Å². The van der Waals surface area contributed by atoms with Gasteiger partial charge in [0, 0.05) is 31.2 Å². The Morgan fingerprint density at radius 1 is 1.10 bits per heavy atom. The van der Waals surface area contributed by atoms with Crippen LogP contribution in [0.2, 0.25) is 0 Å². The molecule has 5 aromatic rings. The van der Waals surface area contributed by atoms with Crippen molar-refractivity contribution in [2.24, 2.45) is 0 Å². The van der Waals surface area contributed by atoms with Gasteiger partial charge in [-0.1, -0.05) is 35.9 Å². The van der Waals surface area contributed by atoms with Crippen molar-refractivity contribution in [3.8, 4) is 11.3 Å². The van der Waals surface area contributed by atoms with Gasteiger partial charge in [-0.2, -0.15) is 5.10 Å². The molecule has 1 amide bonds. The van der Waals surface area contributed by atoms with Crippen LogP contribution in [0, 0.1) is 6.92 Å². The maximum Gasteiger partial charge on any atom is 0.259 e. The topological polar surface area (TPSA) is 67.8 Å². The molecule has 0 aliphatic carbocycles. The highest BCUT2D eigenvalue weighted by atomic mass is 16.2. The molecule has 5 rings (SSSR count). The third kappa shape index (κ3) is 3.10. The van der Waals surface area contributed by atoms with E-state index in [-0.39, 0.29) is 5.91 Å². The summed E-state index contributed by atoms with van der Waals surface area (Å²) in [5, 5.41) is 4.45. The van der Waals surface area contributed by atoms with E-state index in [2.05, 4.69) is 34.1 Å². The van der Waals surface area contributed by atoms with Crippen molar-refractivity contribution in [3.05, 3.63) is 90.1 Å². The predicted octanol–water partition coefficient (Wildman–Crippen LogP) is 3.62. The highest BCUT2D eigenvalue weighted by Gasteiger charge is 2.20. The van der Waals surface area contributed by atoms with Crippen molar-refractivity contribution >= 4 is 17.2 Å². The summed E-state index contributed by atoms with van der Waals surface area (Å²) < 4.78 is 3.66. The first-order chi connectivity index (χ1) is 14.6. The fourth-order valence-electron chi connectivity index (χ4n) is 3.57. The summed E-state index contributed by atoms with van der Waals surface area (Å²) in [4.78, 5) is 23.8. The van der Waals surface area contributed by atoms with Gasteiger partial charge in [0.2, 0.25) is 0 Å². The second-order valence-corrected chi connectivity index (χ2v) is 7.35. The van der Waals surface area contributed by atoms with E-state index < -0.39 is 0 Å². The molecule has 0 saturated heterocycles. The fraction of sp³-hybridized carbons (Fsp3) is 0.130. The average Bonchev–Trinajstić information content (AvgIpc) is 3.37. The van der Waals surface area contributed by atoms with Gasteiger partial charge in [0.25, 0.3) is 5.91 Å². The molecule has 0 saturated carbocycles. The van der Waals surface area contributed by atoms with Gasteiger partial charge in [-0.15, -0.1) is 0 Å². The molecule has 4 heterocycles. The van der Waals surface area contributed by atoms with Crippen LogP contribution in [0.15, 0.2) is 73.3 Å². The average molecular weight is 396 g/mol. The number of hydrogen-bond acceptors (Lipinski definition) is 4. The minimum absolute atomic E-state index is 0.143. The molecule has 1 aromatic carbocycles. The zero-order valence-corrected chi connectivity index (χ0v) is 16.7. The van der Waals surface area contributed by atoms with E-state index in [1.165, 1.54) is 5.56 Å². The number of aryl methyl sites for hydroxylation is 1. The van der Waals surface area contributed by atoms with Gasteiger partial charge in [0.15, 0.2) is 5.65 Å². The minimum atomic E-state index is -0.143. The molecule has 7 nitrogen and oxygen atoms in total. The first kappa shape index (κ1) is 18.1. The molecule has 0 N–H and O–H groups in total. The van der Waals surface area contributed by atoms with E-state index in [0.29, 0.717) is 17.8 Å². The summed E-state index contributed by atoms with van der Waals surface area (Å²) in [5.41, 5.74) is 5.79. The van der Waals surface area contributed by atoms with Crippen LogP contribution >= 0.6 is 0 Å². The summed E-state index contributed by atoms with van der Waals surface area (Å²) in [6.07, 6.45) is 7.17. The number of carbonyl (C=O) groups excluding carboxylic acids is 1. The Kier molecular flexibility index (Phi) is 4.28. The molecule has 0 radical (unpaired) electrons. The standard InChI is InChI=1S/C23H20N6O/c1-16-6-8-17(9-7-16)20-10-11-24-22-19(13-25-29(20)22)23(30)27(2)14-18-15-28-12-4-3-5-21(28)26-18/h3-13,15H,14H2,1-2H3. The Morgan fingerprint density at radius 2 is 1.93 bits per heavy atom. The summed E-state index contributed by atoms with van der Waals surface area (Å²) in [6.45, 7) is 2.45. The lowest BCUT2D eigenvalue weighted by Gasteiger charge is -2.14. The number of aromatic nitrogens is 5. The van der Waals surface area contributed by atoms with Gasteiger partial charge >= 0.3 is 0 Å². The Bertz CT molecular complexity index is 1330. The zero-order chi connectivity index (χ0) is 20.7. The molecule has 148 valence electrons. The summed E-state index contributed by atoms with van der Waals surface area (Å²) in [5.74, 6) is -0.143. The normalized spacial score (nSPS) is 11.3. The highest BCUT2D eigenvalue weighted by molar-refractivity contribution is 5.99. The first-order valence-electron chi connectivity index (χ1n) is 9.68. The fourth-order valence-corrected chi connectivity index (χ4v) is 3.57. The zero-order valence-electron chi connectivity index (χ0n) is 16.7. The summed E-state index contributed by atoms with van der Waals surface area (Å²) >= 11 is 0. The second kappa shape index (κ2) is 7.11. The van der Waals surface area contributed by atoms with Crippen molar-refractivity contribution in [2.75, 3.05) is 7.05 Å². The largest absolute Gasteiger partial charge is 0.336 e. The molecular weight excluding hydrogens is 376 g/mol. The molecule has 0 fully saturated rings. The number of benzene rings is 1. The molecular formula is C23H20N6O. The van der Waals surface area contributed by atoms with Crippen LogP contribution in [0.1, 0.15) is 21.6 Å². The lowest BCUT2D eigenvalue weighted by Crippen LogP contribution is -2.26. The Hall–Kier alpha value is -4.00. The van der Waals surface area contributed by atoms with E-state index in [1.54, 1.807) is 28.9 Å². The Labute approximate surface area is 173 Å². The number of amides is 1. The molecule has 30 heavy (non-hydrogen) atoms. The smallest absolute Gasteiger partial charge is 0.259 e. The molecule has 7 heteroatoms. The maximum atomic E-state index is 13.1. The molecule has 0 unspecified atom stereocenters. The number of imidazole rings is 1. The minimum Gasteiger partial charge on any atom is -0.336 e. The Morgan fingerprint density at radius 3 is 2.73 bits per heavy atom. The number of fused-ring (bicyclic) bond motifs is 2. The van der Waals surface area contributed by atoms with Gasteiger partial charge < -0.3 is 9.30 Å². The van der Waals surface area contributed by atoms with Gasteiger partial charge in [0.1, 0.15) is 11.2 Å². The van der Waals surface area contributed by atoms with Crippen LogP contribution in [0.25, 0.3) is 22.6 Å². The third-order valence-electron chi connectivity index (χ3n) is 5.14. The third-order valence-corrected chi connectivity index (χ3v) is 5.14. The predicted molar refractivity (Wildman–Crippen MR) is 114 cm³/mol. The number of pyridine rings is 1. The molecule has 0 atom stereocenters. The Balaban J connectivity index is 1.46. The first-order valence-corrected chi connectivity index (χ1v) is 9.68. The maximum absolute atomic E-state index is 13.1. The van der Waals surface area contributed by atoms with E-state index >= 15 is 0 Å². The van der Waals surface area contributed by atoms with Crippen LogP contribution in [0.3, 0.4) is 0 Å². The van der Waals surface area contributed by atoms with Gasteiger partial charge in [-0.05, 0) is 25.1 Å². The SMILES string of the molecule is Cc1ccc(-c2ccnc3c(C(=O)N(C)Cc4cn5ccccc5n4)cnn23)cc1. The van der Waals surface area contributed by atoms with E-state index in [4.69, 9.17) is 0 Å². The van der Waals surface area contributed by atoms with Gasteiger partial charge in [0.05, 0.1) is 24.1 Å². The quantitative estimate of drug-likeness (QED) is 0.465. The van der Waals surface area contributed by atoms with E-state index in [1.807, 2.05) is 53.2 Å². The number of nitrogens with zero attached hydrogens (tertiary/aromatic N) is 6. The van der Waals surface area contributed by atoms with Gasteiger partial charge in [-0.25, -0.2) is 14.5 Å². The van der Waals surface area contributed by atoms with Crippen molar-refractivity contribution in [1.82, 2.24) is 28.9 Å². The highest BCUT2D eigenvalue weighted by Crippen LogP contribution is 2.22. The van der Waals surface area contributed by atoms with Crippen LogP contribution in [-0.4, -0.2) is 41.8 Å². The monoisotopic (exact) mass is 396 g/mol. The number of rotatable bonds is 4. The van der Waals surface area contributed by atoms with Crippen molar-refractivity contribution in [3.63, 3.8) is 0 Å². The number of hydrogen-bond donors (Lipinski definition) is 0. The van der Waals surface area contributed by atoms with Crippen LogP contribution in [-0.2, 0) is 6.54 Å². The lowest BCUT2D eigenvalue weighted by molar-refractivity contribution is 0.0785. The van der Waals surface area contributed by atoms with E-state index in [9.17, 15) is 4.79 Å². The molecule has 4 aromatic heterocycles. The van der Waals surface area contributed by atoms with Crippen LogP contribution < -0.4 is 0 Å². The molecule has 0 spiro atoms. The van der Waals surface area contributed by atoms with Crippen molar-refractivity contribution < 1.29 is 4.79 Å². The van der Waals surface area contributed by atoms with Crippen LogP contribution in [0.4, 0.5) is 0 Å². The number of carbonyl (C=O) groups is 1. The summed E-state index contributed by atoms with van der Waals surface area (Å²) in [7, 11) is 1.76. The summed E-state index contributed by atoms with van der Waals surface area (Å²) in [6, 6.07) is 15.9. The lowest BCUT2D eigenvalue weighted by atomic mass is 10.1. The van der Waals surface area contributed by atoms with E-state index in [0.717, 1.165) is 22.6 Å². The molecule has 0 aliphatic heterocycles. The molecule has 0 bridgehead atoms. The second-order valence-electron chi connectivity index (χ2n) is 7.35. The van der Waals surface area contributed by atoms with Crippen molar-refractivity contribution in [2.45, 2.75) is 13.5 Å². The van der Waals surface area contributed by atoms with Gasteiger partial charge in [-0.3, -0.25) is 4.79 Å². The van der Waals surface area contributed by atoms with Crippen LogP contribution in [0.5, 0.6) is 0 Å².